The zero-order chi connectivity index (χ0) is 12.6. The van der Waals surface area contributed by atoms with Crippen molar-refractivity contribution >= 4 is 30.6 Å². The van der Waals surface area contributed by atoms with Gasteiger partial charge in [-0.25, -0.2) is 4.98 Å². The van der Waals surface area contributed by atoms with Crippen molar-refractivity contribution in [3.05, 3.63) is 42.9 Å². The molecule has 0 spiro atoms. The molecule has 112 valence electrons. The number of hydrogen-bond donors (Lipinski definition) is 1. The third kappa shape index (κ3) is 6.23. The highest BCUT2D eigenvalue weighted by molar-refractivity contribution is 5.85. The van der Waals surface area contributed by atoms with Crippen LogP contribution in [0.25, 0.3) is 0 Å². The lowest BCUT2D eigenvalue weighted by Crippen LogP contribution is -2.43. The van der Waals surface area contributed by atoms with Gasteiger partial charge in [0.2, 0.25) is 0 Å². The number of nitrogens with zero attached hydrogens (tertiary/aromatic N) is 4. The Hall–Kier alpha value is -1.30. The quantitative estimate of drug-likeness (QED) is 0.870. The van der Waals surface area contributed by atoms with Crippen LogP contribution in [0.5, 0.6) is 0 Å². The van der Waals surface area contributed by atoms with E-state index < -0.39 is 0 Å². The Bertz CT molecular complexity index is 429. The lowest BCUT2D eigenvalue weighted by molar-refractivity contribution is 0.585. The smallest absolute Gasteiger partial charge is 0.128 e. The second-order valence-electron chi connectivity index (χ2n) is 4.10. The normalized spacial score (nSPS) is 13.3. The second kappa shape index (κ2) is 10.5. The maximum atomic E-state index is 4.30. The van der Waals surface area contributed by atoms with Gasteiger partial charge in [-0.15, -0.1) is 24.8 Å². The number of aryl methyl sites for hydroxylation is 1. The zero-order valence-corrected chi connectivity index (χ0v) is 13.1. The largest absolute Gasteiger partial charge is 0.354 e. The molecule has 2 aromatic rings. The zero-order valence-electron chi connectivity index (χ0n) is 11.5. The van der Waals surface area contributed by atoms with E-state index in [1.807, 2.05) is 37.6 Å². The molecule has 0 radical (unpaired) electrons. The topological polar surface area (TPSA) is 46.0 Å². The van der Waals surface area contributed by atoms with Crippen molar-refractivity contribution in [3.8, 4) is 0 Å². The first-order valence-electron chi connectivity index (χ1n) is 6.16. The number of anilines is 1. The number of rotatable bonds is 1. The van der Waals surface area contributed by atoms with Crippen molar-refractivity contribution in [2.24, 2.45) is 7.05 Å². The van der Waals surface area contributed by atoms with Gasteiger partial charge in [0.15, 0.2) is 0 Å². The fraction of sp³-hybridized carbons (Fsp3) is 0.385. The minimum absolute atomic E-state index is 0. The van der Waals surface area contributed by atoms with Gasteiger partial charge in [0.1, 0.15) is 5.82 Å². The molecule has 20 heavy (non-hydrogen) atoms. The molecule has 1 aliphatic rings. The third-order valence-electron chi connectivity index (χ3n) is 2.73. The van der Waals surface area contributed by atoms with Gasteiger partial charge in [0.05, 0.1) is 0 Å². The second-order valence-corrected chi connectivity index (χ2v) is 4.10. The Kier molecular flexibility index (Phi) is 9.80. The van der Waals surface area contributed by atoms with Crippen LogP contribution in [0.1, 0.15) is 0 Å². The first-order valence-corrected chi connectivity index (χ1v) is 6.16. The minimum atomic E-state index is 0. The SMILES string of the molecule is Cl.Cl.Cn1cccn1.c1ccc(N2CCNCC2)nc1. The maximum absolute atomic E-state index is 4.30. The number of halogens is 2. The monoisotopic (exact) mass is 317 g/mol. The fourth-order valence-corrected chi connectivity index (χ4v) is 1.78. The van der Waals surface area contributed by atoms with Crippen molar-refractivity contribution in [2.45, 2.75) is 0 Å². The summed E-state index contributed by atoms with van der Waals surface area (Å²) in [5.74, 6) is 1.10. The van der Waals surface area contributed by atoms with Crippen LogP contribution in [0.3, 0.4) is 0 Å². The average molecular weight is 318 g/mol. The Labute approximate surface area is 132 Å². The molecule has 0 amide bonds. The number of hydrogen-bond acceptors (Lipinski definition) is 4. The summed E-state index contributed by atoms with van der Waals surface area (Å²) in [6.45, 7) is 4.27. The Morgan fingerprint density at radius 2 is 1.80 bits per heavy atom. The molecule has 0 saturated carbocycles. The van der Waals surface area contributed by atoms with E-state index in [2.05, 4.69) is 26.4 Å². The summed E-state index contributed by atoms with van der Waals surface area (Å²) in [6, 6.07) is 7.93. The first kappa shape index (κ1) is 18.7. The standard InChI is InChI=1S/C9H13N3.C4H6N2.2ClH/c1-2-4-11-9(3-1)12-7-5-10-6-8-12;1-6-4-2-3-5-6;;/h1-4,10H,5-8H2;2-4H,1H3;2*1H. The number of pyridine rings is 1. The van der Waals surface area contributed by atoms with Crippen LogP contribution in [0, 0.1) is 0 Å². The molecule has 0 bridgehead atoms. The summed E-state index contributed by atoms with van der Waals surface area (Å²) in [5.41, 5.74) is 0. The highest BCUT2D eigenvalue weighted by Gasteiger charge is 2.09. The van der Waals surface area contributed by atoms with Gasteiger partial charge in [0.25, 0.3) is 0 Å². The number of aromatic nitrogens is 3. The summed E-state index contributed by atoms with van der Waals surface area (Å²) in [7, 11) is 1.89. The van der Waals surface area contributed by atoms with Crippen LogP contribution in [0.15, 0.2) is 42.9 Å². The van der Waals surface area contributed by atoms with Crippen molar-refractivity contribution in [1.29, 1.82) is 0 Å². The Balaban J connectivity index is 0.000000390. The third-order valence-corrected chi connectivity index (χ3v) is 2.73. The first-order chi connectivity index (χ1) is 8.86. The molecular weight excluding hydrogens is 297 g/mol. The summed E-state index contributed by atoms with van der Waals surface area (Å²) in [6.07, 6.45) is 5.48. The molecule has 0 aliphatic carbocycles. The van der Waals surface area contributed by atoms with Crippen LogP contribution >= 0.6 is 24.8 Å². The lowest BCUT2D eigenvalue weighted by atomic mass is 10.3. The van der Waals surface area contributed by atoms with E-state index in [0.29, 0.717) is 0 Å². The van der Waals surface area contributed by atoms with E-state index >= 15 is 0 Å². The van der Waals surface area contributed by atoms with Gasteiger partial charge in [0, 0.05) is 51.8 Å². The molecule has 3 heterocycles. The summed E-state index contributed by atoms with van der Waals surface area (Å²) in [5, 5.41) is 7.15. The molecule has 1 saturated heterocycles. The molecule has 0 unspecified atom stereocenters. The number of nitrogens with one attached hydrogen (secondary N) is 1. The van der Waals surface area contributed by atoms with Gasteiger partial charge in [-0.1, -0.05) is 6.07 Å². The van der Waals surface area contributed by atoms with Gasteiger partial charge in [-0.05, 0) is 18.2 Å². The fourth-order valence-electron chi connectivity index (χ4n) is 1.78. The van der Waals surface area contributed by atoms with Crippen molar-refractivity contribution < 1.29 is 0 Å². The van der Waals surface area contributed by atoms with Crippen LogP contribution in [0.2, 0.25) is 0 Å². The van der Waals surface area contributed by atoms with Gasteiger partial charge >= 0.3 is 0 Å². The van der Waals surface area contributed by atoms with Gasteiger partial charge in [-0.3, -0.25) is 4.68 Å². The number of piperazine rings is 1. The molecule has 1 N–H and O–H groups in total. The Morgan fingerprint density at radius 3 is 2.25 bits per heavy atom. The van der Waals surface area contributed by atoms with Crippen molar-refractivity contribution in [2.75, 3.05) is 31.1 Å². The van der Waals surface area contributed by atoms with Crippen molar-refractivity contribution in [3.63, 3.8) is 0 Å². The maximum Gasteiger partial charge on any atom is 0.128 e. The summed E-state index contributed by atoms with van der Waals surface area (Å²) >= 11 is 0. The predicted octanol–water partition coefficient (Wildman–Crippen LogP) is 1.75. The van der Waals surface area contributed by atoms with Gasteiger partial charge < -0.3 is 10.2 Å². The molecule has 1 aliphatic heterocycles. The van der Waals surface area contributed by atoms with Crippen LogP contribution in [-0.2, 0) is 7.05 Å². The van der Waals surface area contributed by atoms with E-state index in [1.165, 1.54) is 0 Å². The minimum Gasteiger partial charge on any atom is -0.354 e. The molecule has 1 fully saturated rings. The molecule has 3 rings (SSSR count). The summed E-state index contributed by atoms with van der Waals surface area (Å²) in [4.78, 5) is 6.60. The molecule has 0 aromatic carbocycles. The molecular formula is C13H21Cl2N5. The molecule has 0 atom stereocenters. The van der Waals surface area contributed by atoms with E-state index in [4.69, 9.17) is 0 Å². The average Bonchev–Trinajstić information content (AvgIpc) is 2.93. The van der Waals surface area contributed by atoms with Crippen LogP contribution in [0.4, 0.5) is 5.82 Å². The lowest BCUT2D eigenvalue weighted by Gasteiger charge is -2.28. The van der Waals surface area contributed by atoms with Crippen LogP contribution in [-0.4, -0.2) is 40.9 Å². The van der Waals surface area contributed by atoms with E-state index in [-0.39, 0.29) is 24.8 Å². The predicted molar refractivity (Wildman–Crippen MR) is 87.0 cm³/mol. The van der Waals surface area contributed by atoms with Crippen LogP contribution < -0.4 is 10.2 Å². The van der Waals surface area contributed by atoms with E-state index in [9.17, 15) is 0 Å². The van der Waals surface area contributed by atoms with Gasteiger partial charge in [-0.2, -0.15) is 5.10 Å². The molecule has 2 aromatic heterocycles. The molecule has 7 heteroatoms. The highest BCUT2D eigenvalue weighted by Crippen LogP contribution is 2.08. The summed E-state index contributed by atoms with van der Waals surface area (Å²) < 4.78 is 1.75. The molecule has 5 nitrogen and oxygen atoms in total. The van der Waals surface area contributed by atoms with Crippen molar-refractivity contribution in [1.82, 2.24) is 20.1 Å². The Morgan fingerprint density at radius 1 is 1.05 bits per heavy atom. The van der Waals surface area contributed by atoms with E-state index in [1.54, 1.807) is 10.9 Å². The van der Waals surface area contributed by atoms with E-state index in [0.717, 1.165) is 32.0 Å². The highest BCUT2D eigenvalue weighted by atomic mass is 35.5.